The second-order valence-corrected chi connectivity index (χ2v) is 8.67. The van der Waals surface area contributed by atoms with E-state index in [0.717, 1.165) is 57.6 Å². The fourth-order valence-corrected chi connectivity index (χ4v) is 4.56. The van der Waals surface area contributed by atoms with Gasteiger partial charge in [-0.05, 0) is 31.6 Å². The maximum Gasteiger partial charge on any atom is 0.320 e. The highest BCUT2D eigenvalue weighted by atomic mass is 16.5. The molecule has 3 aliphatic heterocycles. The second-order valence-electron chi connectivity index (χ2n) is 8.67. The van der Waals surface area contributed by atoms with Gasteiger partial charge in [0.15, 0.2) is 5.82 Å². The van der Waals surface area contributed by atoms with Crippen LogP contribution in [0.3, 0.4) is 0 Å². The van der Waals surface area contributed by atoms with Gasteiger partial charge >= 0.3 is 6.03 Å². The van der Waals surface area contributed by atoms with Crippen molar-refractivity contribution in [3.8, 4) is 0 Å². The van der Waals surface area contributed by atoms with E-state index >= 15 is 0 Å². The Bertz CT molecular complexity index is 663. The van der Waals surface area contributed by atoms with Crippen molar-refractivity contribution >= 4 is 6.03 Å². The van der Waals surface area contributed by atoms with Crippen molar-refractivity contribution in [2.75, 3.05) is 46.0 Å². The minimum absolute atomic E-state index is 0.102. The third kappa shape index (κ3) is 4.33. The zero-order chi connectivity index (χ0) is 19.6. The maximum atomic E-state index is 12.7. The van der Waals surface area contributed by atoms with Crippen LogP contribution in [0.4, 0.5) is 4.79 Å². The Hall–Kier alpha value is -1.67. The van der Waals surface area contributed by atoms with E-state index < -0.39 is 0 Å². The lowest BCUT2D eigenvalue weighted by atomic mass is 9.78. The maximum absolute atomic E-state index is 12.7. The number of likely N-dealkylation sites (tertiary alicyclic amines) is 1. The number of carbonyl (C=O) groups excluding carboxylic acids is 1. The second kappa shape index (κ2) is 8.37. The Kier molecular flexibility index (Phi) is 5.87. The third-order valence-corrected chi connectivity index (χ3v) is 6.27. The van der Waals surface area contributed by atoms with E-state index in [-0.39, 0.29) is 17.6 Å². The molecule has 4 rings (SSSR count). The van der Waals surface area contributed by atoms with Crippen LogP contribution in [0.15, 0.2) is 4.52 Å². The van der Waals surface area contributed by atoms with Gasteiger partial charge in [-0.1, -0.05) is 19.0 Å². The summed E-state index contributed by atoms with van der Waals surface area (Å²) >= 11 is 0. The summed E-state index contributed by atoms with van der Waals surface area (Å²) < 4.78 is 17.0. The molecule has 0 bridgehead atoms. The molecule has 0 saturated carbocycles. The summed E-state index contributed by atoms with van der Waals surface area (Å²) in [4.78, 5) is 21.1. The van der Waals surface area contributed by atoms with Crippen LogP contribution < -0.4 is 0 Å². The van der Waals surface area contributed by atoms with Gasteiger partial charge in [0.05, 0.1) is 18.8 Å². The van der Waals surface area contributed by atoms with Gasteiger partial charge in [-0.3, -0.25) is 0 Å². The largest absolute Gasteiger partial charge is 0.378 e. The Morgan fingerprint density at radius 2 is 1.86 bits per heavy atom. The van der Waals surface area contributed by atoms with Crippen LogP contribution in [-0.2, 0) is 15.9 Å². The summed E-state index contributed by atoms with van der Waals surface area (Å²) in [7, 11) is 0. The lowest BCUT2D eigenvalue weighted by Gasteiger charge is -2.47. The first-order chi connectivity index (χ1) is 13.5. The molecular weight excluding hydrogens is 360 g/mol. The first-order valence-electron chi connectivity index (χ1n) is 10.6. The minimum Gasteiger partial charge on any atom is -0.378 e. The zero-order valence-corrected chi connectivity index (χ0v) is 17.1. The van der Waals surface area contributed by atoms with E-state index in [1.807, 2.05) is 9.80 Å². The predicted octanol–water partition coefficient (Wildman–Crippen LogP) is 2.45. The average molecular weight is 393 g/mol. The molecule has 4 heterocycles. The molecule has 0 radical (unpaired) electrons. The van der Waals surface area contributed by atoms with Gasteiger partial charge < -0.3 is 23.8 Å². The van der Waals surface area contributed by atoms with E-state index in [1.165, 1.54) is 0 Å². The number of nitrogens with zero attached hydrogens (tertiary/aromatic N) is 4. The Labute approximate surface area is 166 Å². The molecular formula is C20H32N4O4. The van der Waals surface area contributed by atoms with Crippen LogP contribution in [0.25, 0.3) is 0 Å². The summed E-state index contributed by atoms with van der Waals surface area (Å²) in [6.07, 6.45) is 4.70. The van der Waals surface area contributed by atoms with Crippen LogP contribution in [0.5, 0.6) is 0 Å². The monoisotopic (exact) mass is 392 g/mol. The van der Waals surface area contributed by atoms with Crippen LogP contribution in [0.2, 0.25) is 0 Å². The minimum atomic E-state index is -0.102. The number of carbonyl (C=O) groups is 1. The van der Waals surface area contributed by atoms with Gasteiger partial charge in [0, 0.05) is 45.1 Å². The number of urea groups is 1. The van der Waals surface area contributed by atoms with Crippen molar-refractivity contribution in [1.82, 2.24) is 19.9 Å². The normalized spacial score (nSPS) is 25.5. The molecule has 3 fully saturated rings. The van der Waals surface area contributed by atoms with Gasteiger partial charge in [0.25, 0.3) is 0 Å². The number of piperidine rings is 1. The van der Waals surface area contributed by atoms with E-state index in [0.29, 0.717) is 38.1 Å². The Balaban J connectivity index is 1.31. The molecule has 1 aromatic rings. The number of ether oxygens (including phenoxy) is 2. The summed E-state index contributed by atoms with van der Waals surface area (Å²) in [5.74, 6) is 2.29. The van der Waals surface area contributed by atoms with Crippen LogP contribution in [0.1, 0.15) is 57.2 Å². The van der Waals surface area contributed by atoms with Crippen molar-refractivity contribution in [1.29, 1.82) is 0 Å². The quantitative estimate of drug-likeness (QED) is 0.786. The molecule has 1 aromatic heterocycles. The van der Waals surface area contributed by atoms with Crippen molar-refractivity contribution in [2.45, 2.75) is 57.5 Å². The molecule has 0 N–H and O–H groups in total. The van der Waals surface area contributed by atoms with Crippen molar-refractivity contribution in [3.63, 3.8) is 0 Å². The molecule has 1 atom stereocenters. The highest BCUT2D eigenvalue weighted by Crippen LogP contribution is 2.38. The average Bonchev–Trinajstić information content (AvgIpc) is 3.18. The van der Waals surface area contributed by atoms with Crippen molar-refractivity contribution in [3.05, 3.63) is 11.7 Å². The van der Waals surface area contributed by atoms with Crippen LogP contribution in [0, 0.1) is 5.92 Å². The molecule has 156 valence electrons. The number of aromatic nitrogens is 2. The van der Waals surface area contributed by atoms with E-state index in [9.17, 15) is 4.79 Å². The van der Waals surface area contributed by atoms with Crippen molar-refractivity contribution < 1.29 is 18.8 Å². The molecule has 3 aliphatic rings. The van der Waals surface area contributed by atoms with Gasteiger partial charge in [-0.15, -0.1) is 0 Å². The summed E-state index contributed by atoms with van der Waals surface area (Å²) in [5.41, 5.74) is -0.102. The SMILES string of the molecule is CC(C)c1nc(CC2CCOC3(CCN(C(=O)N4CCOCC4)CC3)C2)no1. The highest BCUT2D eigenvalue weighted by molar-refractivity contribution is 5.74. The van der Waals surface area contributed by atoms with E-state index in [2.05, 4.69) is 24.0 Å². The number of rotatable bonds is 3. The Morgan fingerprint density at radius 1 is 1.14 bits per heavy atom. The molecule has 0 aliphatic carbocycles. The first kappa shape index (κ1) is 19.6. The van der Waals surface area contributed by atoms with Gasteiger partial charge in [0.2, 0.25) is 5.89 Å². The predicted molar refractivity (Wildman–Crippen MR) is 102 cm³/mol. The highest BCUT2D eigenvalue weighted by Gasteiger charge is 2.42. The molecule has 1 unspecified atom stereocenters. The fraction of sp³-hybridized carbons (Fsp3) is 0.850. The molecule has 8 nitrogen and oxygen atoms in total. The molecule has 2 amide bonds. The van der Waals surface area contributed by atoms with E-state index in [1.54, 1.807) is 0 Å². The fourth-order valence-electron chi connectivity index (χ4n) is 4.56. The molecule has 28 heavy (non-hydrogen) atoms. The molecule has 3 saturated heterocycles. The Morgan fingerprint density at radius 3 is 2.54 bits per heavy atom. The smallest absolute Gasteiger partial charge is 0.320 e. The van der Waals surface area contributed by atoms with Gasteiger partial charge in [0.1, 0.15) is 0 Å². The number of morpholine rings is 1. The van der Waals surface area contributed by atoms with Gasteiger partial charge in [-0.2, -0.15) is 4.98 Å². The molecule has 8 heteroatoms. The van der Waals surface area contributed by atoms with Crippen molar-refractivity contribution in [2.24, 2.45) is 5.92 Å². The summed E-state index contributed by atoms with van der Waals surface area (Å²) in [6, 6.07) is 0.151. The summed E-state index contributed by atoms with van der Waals surface area (Å²) in [6.45, 7) is 9.11. The standard InChI is InChI=1S/C20H32N4O4/c1-15(2)18-21-17(22-28-18)13-16-3-10-27-20(14-16)4-6-23(7-5-20)19(25)24-8-11-26-12-9-24/h15-16H,3-14H2,1-2H3. The molecule has 1 spiro atoms. The van der Waals surface area contributed by atoms with Crippen LogP contribution in [-0.4, -0.2) is 77.6 Å². The third-order valence-electron chi connectivity index (χ3n) is 6.27. The topological polar surface area (TPSA) is 80.9 Å². The number of hydrogen-bond acceptors (Lipinski definition) is 6. The first-order valence-corrected chi connectivity index (χ1v) is 10.6. The lowest BCUT2D eigenvalue weighted by Crippen LogP contribution is -2.55. The van der Waals surface area contributed by atoms with Crippen LogP contribution >= 0.6 is 0 Å². The zero-order valence-electron chi connectivity index (χ0n) is 17.1. The lowest BCUT2D eigenvalue weighted by molar-refractivity contribution is -0.124. The summed E-state index contributed by atoms with van der Waals surface area (Å²) in [5, 5.41) is 4.16. The van der Waals surface area contributed by atoms with E-state index in [4.69, 9.17) is 14.0 Å². The molecule has 0 aromatic carbocycles. The number of amides is 2. The number of hydrogen-bond donors (Lipinski definition) is 0. The van der Waals surface area contributed by atoms with Gasteiger partial charge in [-0.25, -0.2) is 4.79 Å².